The van der Waals surface area contributed by atoms with Crippen molar-refractivity contribution in [2.45, 2.75) is 13.5 Å². The highest BCUT2D eigenvalue weighted by Crippen LogP contribution is 2.17. The summed E-state index contributed by atoms with van der Waals surface area (Å²) in [5.41, 5.74) is 3.31. The molecule has 2 N–H and O–H groups in total. The van der Waals surface area contributed by atoms with Crippen molar-refractivity contribution in [2.75, 3.05) is 19.5 Å². The van der Waals surface area contributed by atoms with Crippen molar-refractivity contribution in [2.24, 2.45) is 0 Å². The van der Waals surface area contributed by atoms with Gasteiger partial charge in [0.15, 0.2) is 5.11 Å². The monoisotopic (exact) mass is 344 g/mol. The summed E-state index contributed by atoms with van der Waals surface area (Å²) < 4.78 is 9.87. The minimum atomic E-state index is -0.379. The Hall–Kier alpha value is -2.60. The predicted molar refractivity (Wildman–Crippen MR) is 98.6 cm³/mol. The highest BCUT2D eigenvalue weighted by atomic mass is 32.1. The Morgan fingerprint density at radius 3 is 2.46 bits per heavy atom. The molecule has 2 rings (SSSR count). The smallest absolute Gasteiger partial charge is 0.337 e. The van der Waals surface area contributed by atoms with Crippen LogP contribution in [0.3, 0.4) is 0 Å². The zero-order chi connectivity index (χ0) is 17.5. The number of esters is 1. The van der Waals surface area contributed by atoms with E-state index in [1.807, 2.05) is 37.3 Å². The molecule has 0 atom stereocenters. The Balaban J connectivity index is 1.97. The molecule has 5 nitrogen and oxygen atoms in total. The van der Waals surface area contributed by atoms with Crippen LogP contribution in [0.2, 0.25) is 0 Å². The van der Waals surface area contributed by atoms with E-state index in [-0.39, 0.29) is 5.97 Å². The van der Waals surface area contributed by atoms with Crippen molar-refractivity contribution >= 4 is 29.0 Å². The second kappa shape index (κ2) is 8.31. The second-order valence-corrected chi connectivity index (χ2v) is 5.59. The van der Waals surface area contributed by atoms with E-state index in [2.05, 4.69) is 10.6 Å². The molecule has 126 valence electrons. The topological polar surface area (TPSA) is 59.6 Å². The van der Waals surface area contributed by atoms with Crippen LogP contribution >= 0.6 is 12.2 Å². The molecule has 0 aliphatic heterocycles. The minimum absolute atomic E-state index is 0.379. The number of rotatable bonds is 5. The highest BCUT2D eigenvalue weighted by molar-refractivity contribution is 7.80. The van der Waals surface area contributed by atoms with Gasteiger partial charge in [-0.1, -0.05) is 18.2 Å². The molecule has 0 aromatic heterocycles. The second-order valence-electron chi connectivity index (χ2n) is 5.18. The van der Waals surface area contributed by atoms with Crippen LogP contribution in [0.5, 0.6) is 5.75 Å². The lowest BCUT2D eigenvalue weighted by atomic mass is 10.1. The van der Waals surface area contributed by atoms with Gasteiger partial charge >= 0.3 is 5.97 Å². The lowest BCUT2D eigenvalue weighted by Crippen LogP contribution is -2.28. The molecule has 0 heterocycles. The number of benzene rings is 2. The van der Waals surface area contributed by atoms with Gasteiger partial charge in [0.05, 0.1) is 19.8 Å². The maximum atomic E-state index is 11.6. The molecule has 0 bridgehead atoms. The third kappa shape index (κ3) is 4.70. The van der Waals surface area contributed by atoms with E-state index in [1.165, 1.54) is 7.11 Å². The number of aryl methyl sites for hydroxylation is 1. The lowest BCUT2D eigenvalue weighted by Gasteiger charge is -2.13. The third-order valence-electron chi connectivity index (χ3n) is 3.52. The van der Waals surface area contributed by atoms with Crippen LogP contribution in [0.1, 0.15) is 21.5 Å². The van der Waals surface area contributed by atoms with Gasteiger partial charge in [-0.05, 0) is 54.5 Å². The fourth-order valence-electron chi connectivity index (χ4n) is 2.09. The van der Waals surface area contributed by atoms with Crippen molar-refractivity contribution in [3.05, 3.63) is 59.2 Å². The molecule has 0 radical (unpaired) electrons. The number of hydrogen-bond acceptors (Lipinski definition) is 4. The Labute approximate surface area is 147 Å². The molecule has 6 heteroatoms. The summed E-state index contributed by atoms with van der Waals surface area (Å²) in [6.07, 6.45) is 0. The van der Waals surface area contributed by atoms with Crippen molar-refractivity contribution in [3.63, 3.8) is 0 Å². The van der Waals surface area contributed by atoms with Gasteiger partial charge in [0.25, 0.3) is 0 Å². The summed E-state index contributed by atoms with van der Waals surface area (Å²) in [7, 11) is 2.99. The molecule has 0 saturated carbocycles. The van der Waals surface area contributed by atoms with Gasteiger partial charge in [-0.2, -0.15) is 0 Å². The Kier molecular flexibility index (Phi) is 6.14. The molecule has 0 amide bonds. The summed E-state index contributed by atoms with van der Waals surface area (Å²) >= 11 is 5.32. The lowest BCUT2D eigenvalue weighted by molar-refractivity contribution is 0.0601. The number of carbonyl (C=O) groups is 1. The first kappa shape index (κ1) is 17.7. The van der Waals surface area contributed by atoms with E-state index in [0.29, 0.717) is 17.2 Å². The summed E-state index contributed by atoms with van der Waals surface area (Å²) in [5.74, 6) is 0.435. The van der Waals surface area contributed by atoms with Crippen LogP contribution in [0.25, 0.3) is 0 Å². The Bertz CT molecular complexity index is 730. The number of thiocarbonyl (C=S) groups is 1. The van der Waals surface area contributed by atoms with Crippen LogP contribution in [-0.4, -0.2) is 25.3 Å². The highest BCUT2D eigenvalue weighted by Gasteiger charge is 2.09. The molecule has 0 saturated heterocycles. The molecule has 2 aromatic rings. The first-order valence-electron chi connectivity index (χ1n) is 7.40. The van der Waals surface area contributed by atoms with Gasteiger partial charge in [0.2, 0.25) is 0 Å². The summed E-state index contributed by atoms with van der Waals surface area (Å²) in [6.45, 7) is 2.53. The zero-order valence-corrected chi connectivity index (χ0v) is 14.7. The summed E-state index contributed by atoms with van der Waals surface area (Å²) in [6, 6.07) is 13.0. The Morgan fingerprint density at radius 2 is 1.83 bits per heavy atom. The van der Waals surface area contributed by atoms with E-state index < -0.39 is 0 Å². The number of nitrogens with one attached hydrogen (secondary N) is 2. The van der Waals surface area contributed by atoms with Gasteiger partial charge in [0.1, 0.15) is 5.75 Å². The average molecular weight is 344 g/mol. The zero-order valence-electron chi connectivity index (χ0n) is 13.9. The number of carbonyl (C=O) groups excluding carboxylic acids is 1. The fourth-order valence-corrected chi connectivity index (χ4v) is 2.28. The van der Waals surface area contributed by atoms with E-state index in [1.54, 1.807) is 19.2 Å². The molecule has 0 aliphatic rings. The maximum Gasteiger partial charge on any atom is 0.337 e. The van der Waals surface area contributed by atoms with Gasteiger partial charge in [-0.3, -0.25) is 0 Å². The van der Waals surface area contributed by atoms with E-state index in [4.69, 9.17) is 21.7 Å². The average Bonchev–Trinajstić information content (AvgIpc) is 2.61. The molecule has 0 spiro atoms. The molecular formula is C18H20N2O3S. The quantitative estimate of drug-likeness (QED) is 0.641. The maximum absolute atomic E-state index is 11.6. The molecule has 0 aliphatic carbocycles. The molecule has 2 aromatic carbocycles. The number of methoxy groups -OCH3 is 2. The van der Waals surface area contributed by atoms with Crippen LogP contribution in [-0.2, 0) is 11.3 Å². The standard InChI is InChI=1S/C18H20N2O3S/c1-12-4-7-14(17(21)23-3)10-16(12)20-18(24)19-11-13-5-8-15(22-2)9-6-13/h4-10H,11H2,1-3H3,(H2,19,20,24). The first-order valence-corrected chi connectivity index (χ1v) is 7.81. The Morgan fingerprint density at radius 1 is 1.12 bits per heavy atom. The van der Waals surface area contributed by atoms with Gasteiger partial charge in [0, 0.05) is 12.2 Å². The normalized spacial score (nSPS) is 9.96. The van der Waals surface area contributed by atoms with E-state index in [0.717, 1.165) is 22.6 Å². The van der Waals surface area contributed by atoms with E-state index >= 15 is 0 Å². The number of ether oxygens (including phenoxy) is 2. The van der Waals surface area contributed by atoms with Crippen LogP contribution in [0.15, 0.2) is 42.5 Å². The summed E-state index contributed by atoms with van der Waals surface area (Å²) in [5, 5.41) is 6.73. The van der Waals surface area contributed by atoms with Crippen molar-refractivity contribution < 1.29 is 14.3 Å². The van der Waals surface area contributed by atoms with E-state index in [9.17, 15) is 4.79 Å². The van der Waals surface area contributed by atoms with Crippen molar-refractivity contribution in [1.29, 1.82) is 0 Å². The number of anilines is 1. The number of hydrogen-bond donors (Lipinski definition) is 2. The SMILES string of the molecule is COC(=O)c1ccc(C)c(NC(=S)NCc2ccc(OC)cc2)c1. The predicted octanol–water partition coefficient (Wildman–Crippen LogP) is 3.28. The van der Waals surface area contributed by atoms with Crippen molar-refractivity contribution in [3.8, 4) is 5.75 Å². The molecule has 0 unspecified atom stereocenters. The first-order chi connectivity index (χ1) is 11.5. The minimum Gasteiger partial charge on any atom is -0.497 e. The van der Waals surface area contributed by atoms with Gasteiger partial charge in [-0.15, -0.1) is 0 Å². The van der Waals surface area contributed by atoms with Crippen LogP contribution in [0, 0.1) is 6.92 Å². The molecule has 24 heavy (non-hydrogen) atoms. The van der Waals surface area contributed by atoms with Crippen molar-refractivity contribution in [1.82, 2.24) is 5.32 Å². The molecular weight excluding hydrogens is 324 g/mol. The van der Waals surface area contributed by atoms with Crippen LogP contribution in [0.4, 0.5) is 5.69 Å². The van der Waals surface area contributed by atoms with Gasteiger partial charge in [-0.25, -0.2) is 4.79 Å². The summed E-state index contributed by atoms with van der Waals surface area (Å²) in [4.78, 5) is 11.6. The van der Waals surface area contributed by atoms with Gasteiger partial charge < -0.3 is 20.1 Å². The fraction of sp³-hybridized carbons (Fsp3) is 0.222. The van der Waals surface area contributed by atoms with Crippen LogP contribution < -0.4 is 15.4 Å². The third-order valence-corrected chi connectivity index (χ3v) is 3.77. The largest absolute Gasteiger partial charge is 0.497 e. The molecule has 0 fully saturated rings.